The molecule has 2 rings (SSSR count). The zero-order valence-electron chi connectivity index (χ0n) is 7.31. The molecule has 0 saturated heterocycles. The predicted octanol–water partition coefficient (Wildman–Crippen LogP) is 3.92. The molecule has 1 fully saturated rings. The Morgan fingerprint density at radius 2 is 2.00 bits per heavy atom. The molecule has 0 radical (unpaired) electrons. The molecular weight excluding hydrogens is 168 g/mol. The van der Waals surface area contributed by atoms with E-state index in [0.717, 1.165) is 10.9 Å². The molecule has 12 heavy (non-hydrogen) atoms. The highest BCUT2D eigenvalue weighted by Crippen LogP contribution is 2.37. The van der Waals surface area contributed by atoms with Gasteiger partial charge in [-0.05, 0) is 48.9 Å². The van der Waals surface area contributed by atoms with Crippen LogP contribution in [0.1, 0.15) is 36.3 Å². The Morgan fingerprint density at radius 1 is 1.25 bits per heavy atom. The highest BCUT2D eigenvalue weighted by Gasteiger charge is 2.19. The zero-order chi connectivity index (χ0) is 8.55. The first kappa shape index (κ1) is 8.12. The Bertz CT molecular complexity index is 267. The van der Waals surface area contributed by atoms with Gasteiger partial charge in [0.1, 0.15) is 0 Å². The van der Waals surface area contributed by atoms with E-state index in [9.17, 15) is 0 Å². The molecule has 1 heteroatoms. The van der Waals surface area contributed by atoms with Crippen LogP contribution in [0.3, 0.4) is 0 Å². The highest BCUT2D eigenvalue weighted by atomic mass is 35.5. The average molecular weight is 181 g/mol. The summed E-state index contributed by atoms with van der Waals surface area (Å²) in [5, 5.41) is 0.886. The summed E-state index contributed by atoms with van der Waals surface area (Å²) in [5.74, 6) is 0.794. The maximum absolute atomic E-state index is 5.98. The summed E-state index contributed by atoms with van der Waals surface area (Å²) >= 11 is 5.98. The standard InChI is InChI=1S/C11H13Cl/c1-8-5-10(7-11(12)6-8)9-3-2-4-9/h5-7,9H,2-4H2,1H3. The van der Waals surface area contributed by atoms with Crippen molar-refractivity contribution in [2.24, 2.45) is 0 Å². The number of hydrogen-bond donors (Lipinski definition) is 0. The fraction of sp³-hybridized carbons (Fsp3) is 0.455. The van der Waals surface area contributed by atoms with E-state index in [-0.39, 0.29) is 0 Å². The van der Waals surface area contributed by atoms with Crippen LogP contribution in [-0.4, -0.2) is 0 Å². The van der Waals surface area contributed by atoms with Crippen LogP contribution in [-0.2, 0) is 0 Å². The van der Waals surface area contributed by atoms with Crippen molar-refractivity contribution in [2.75, 3.05) is 0 Å². The van der Waals surface area contributed by atoms with Crippen LogP contribution in [0, 0.1) is 6.92 Å². The van der Waals surface area contributed by atoms with Gasteiger partial charge in [0.2, 0.25) is 0 Å². The molecule has 1 aliphatic carbocycles. The van der Waals surface area contributed by atoms with Crippen LogP contribution < -0.4 is 0 Å². The lowest BCUT2D eigenvalue weighted by atomic mass is 9.80. The second-order valence-electron chi connectivity index (χ2n) is 3.69. The van der Waals surface area contributed by atoms with Gasteiger partial charge in [-0.15, -0.1) is 0 Å². The van der Waals surface area contributed by atoms with Gasteiger partial charge in [0.05, 0.1) is 0 Å². The van der Waals surface area contributed by atoms with E-state index < -0.39 is 0 Å². The lowest BCUT2D eigenvalue weighted by Crippen LogP contribution is -2.08. The van der Waals surface area contributed by atoms with Crippen molar-refractivity contribution < 1.29 is 0 Å². The molecule has 0 aliphatic heterocycles. The van der Waals surface area contributed by atoms with Gasteiger partial charge in [0.15, 0.2) is 0 Å². The smallest absolute Gasteiger partial charge is 0.0411 e. The van der Waals surface area contributed by atoms with Crippen molar-refractivity contribution in [3.8, 4) is 0 Å². The van der Waals surface area contributed by atoms with E-state index in [4.69, 9.17) is 11.6 Å². The quantitative estimate of drug-likeness (QED) is 0.615. The van der Waals surface area contributed by atoms with Crippen LogP contribution in [0.5, 0.6) is 0 Å². The fourth-order valence-corrected chi connectivity index (χ4v) is 2.04. The van der Waals surface area contributed by atoms with E-state index in [0.29, 0.717) is 0 Å². The van der Waals surface area contributed by atoms with Crippen LogP contribution in [0.4, 0.5) is 0 Å². The Labute approximate surface area is 78.6 Å². The summed E-state index contributed by atoms with van der Waals surface area (Å²) < 4.78 is 0. The second-order valence-corrected chi connectivity index (χ2v) is 4.13. The minimum absolute atomic E-state index is 0.794. The van der Waals surface area contributed by atoms with Crippen molar-refractivity contribution in [1.82, 2.24) is 0 Å². The molecule has 1 aromatic rings. The van der Waals surface area contributed by atoms with Crippen molar-refractivity contribution >= 4 is 11.6 Å². The monoisotopic (exact) mass is 180 g/mol. The lowest BCUT2D eigenvalue weighted by molar-refractivity contribution is 0.419. The van der Waals surface area contributed by atoms with Crippen molar-refractivity contribution in [3.05, 3.63) is 34.3 Å². The SMILES string of the molecule is Cc1cc(Cl)cc(C2CCC2)c1. The van der Waals surface area contributed by atoms with Gasteiger partial charge in [-0.25, -0.2) is 0 Å². The van der Waals surface area contributed by atoms with Crippen LogP contribution in [0.15, 0.2) is 18.2 Å². The third-order valence-corrected chi connectivity index (χ3v) is 2.86. The first-order chi connectivity index (χ1) is 5.75. The van der Waals surface area contributed by atoms with Gasteiger partial charge in [0.25, 0.3) is 0 Å². The number of rotatable bonds is 1. The molecule has 0 aromatic heterocycles. The molecule has 1 saturated carbocycles. The van der Waals surface area contributed by atoms with Gasteiger partial charge in [-0.3, -0.25) is 0 Å². The summed E-state index contributed by atoms with van der Waals surface area (Å²) in [6.07, 6.45) is 4.08. The first-order valence-corrected chi connectivity index (χ1v) is 4.90. The molecule has 0 bridgehead atoms. The Kier molecular flexibility index (Phi) is 2.10. The van der Waals surface area contributed by atoms with Gasteiger partial charge in [0, 0.05) is 5.02 Å². The van der Waals surface area contributed by atoms with Crippen molar-refractivity contribution in [3.63, 3.8) is 0 Å². The maximum Gasteiger partial charge on any atom is 0.0411 e. The van der Waals surface area contributed by atoms with Gasteiger partial charge >= 0.3 is 0 Å². The minimum Gasteiger partial charge on any atom is -0.0843 e. The lowest BCUT2D eigenvalue weighted by Gasteiger charge is -2.26. The zero-order valence-corrected chi connectivity index (χ0v) is 8.06. The summed E-state index contributed by atoms with van der Waals surface area (Å²) in [4.78, 5) is 0. The maximum atomic E-state index is 5.98. The van der Waals surface area contributed by atoms with Gasteiger partial charge in [-0.2, -0.15) is 0 Å². The number of benzene rings is 1. The van der Waals surface area contributed by atoms with E-state index in [1.54, 1.807) is 0 Å². The number of aryl methyl sites for hydroxylation is 1. The molecule has 0 N–H and O–H groups in total. The molecule has 1 aromatic carbocycles. The summed E-state index contributed by atoms with van der Waals surface area (Å²) in [6, 6.07) is 6.39. The summed E-state index contributed by atoms with van der Waals surface area (Å²) in [6.45, 7) is 2.11. The van der Waals surface area contributed by atoms with Crippen molar-refractivity contribution in [1.29, 1.82) is 0 Å². The van der Waals surface area contributed by atoms with Crippen LogP contribution >= 0.6 is 11.6 Å². The number of hydrogen-bond acceptors (Lipinski definition) is 0. The third-order valence-electron chi connectivity index (χ3n) is 2.64. The number of halogens is 1. The third kappa shape index (κ3) is 1.49. The van der Waals surface area contributed by atoms with Gasteiger partial charge < -0.3 is 0 Å². The summed E-state index contributed by atoms with van der Waals surface area (Å²) in [5.41, 5.74) is 2.72. The largest absolute Gasteiger partial charge is 0.0843 e. The highest BCUT2D eigenvalue weighted by molar-refractivity contribution is 6.30. The molecule has 0 nitrogen and oxygen atoms in total. The van der Waals surface area contributed by atoms with Crippen molar-refractivity contribution in [2.45, 2.75) is 32.1 Å². The molecule has 64 valence electrons. The molecular formula is C11H13Cl. The van der Waals surface area contributed by atoms with Crippen LogP contribution in [0.25, 0.3) is 0 Å². The normalized spacial score (nSPS) is 17.5. The molecule has 0 amide bonds. The average Bonchev–Trinajstić information content (AvgIpc) is 1.79. The van der Waals surface area contributed by atoms with E-state index in [1.807, 2.05) is 6.07 Å². The fourth-order valence-electron chi connectivity index (χ4n) is 1.74. The first-order valence-electron chi connectivity index (χ1n) is 4.53. The Hall–Kier alpha value is -0.490. The molecule has 1 aliphatic rings. The van der Waals surface area contributed by atoms with E-state index in [1.165, 1.54) is 30.4 Å². The van der Waals surface area contributed by atoms with Gasteiger partial charge in [-0.1, -0.05) is 24.1 Å². The second kappa shape index (κ2) is 3.10. The Balaban J connectivity index is 2.30. The topological polar surface area (TPSA) is 0 Å². The van der Waals surface area contributed by atoms with E-state index >= 15 is 0 Å². The molecule has 0 spiro atoms. The molecule has 0 atom stereocenters. The van der Waals surface area contributed by atoms with Crippen LogP contribution in [0.2, 0.25) is 5.02 Å². The minimum atomic E-state index is 0.794. The van der Waals surface area contributed by atoms with E-state index in [2.05, 4.69) is 19.1 Å². The predicted molar refractivity (Wildman–Crippen MR) is 52.8 cm³/mol. The summed E-state index contributed by atoms with van der Waals surface area (Å²) in [7, 11) is 0. The molecule has 0 unspecified atom stereocenters. The Morgan fingerprint density at radius 3 is 2.50 bits per heavy atom. The molecule has 0 heterocycles.